The summed E-state index contributed by atoms with van der Waals surface area (Å²) in [5, 5.41) is 4.14. The molecule has 1 heterocycles. The Balaban J connectivity index is 2.62. The lowest BCUT2D eigenvalue weighted by molar-refractivity contribution is -0.384. The van der Waals surface area contributed by atoms with Crippen molar-refractivity contribution in [3.63, 3.8) is 0 Å². The summed E-state index contributed by atoms with van der Waals surface area (Å²) in [6, 6.07) is 4.13. The first kappa shape index (κ1) is 22.8. The van der Waals surface area contributed by atoms with Gasteiger partial charge in [0.25, 0.3) is 0 Å². The Bertz CT molecular complexity index is 730. The van der Waals surface area contributed by atoms with Crippen molar-refractivity contribution in [2.45, 2.75) is 23.9 Å². The molecule has 0 spiro atoms. The number of morpholine rings is 1. The van der Waals surface area contributed by atoms with E-state index in [4.69, 9.17) is 4.74 Å². The molecule has 13 heteroatoms. The summed E-state index contributed by atoms with van der Waals surface area (Å²) in [6.45, 7) is -0.324. The standard InChI is InChI=1S/C15H12BrF9N2O/c16-10-3-1-2-9(8-10)11(26-27-4-6-28-7-5-27)12(17,18)13(19,20)14(21,22)15(23,24)25/h1-3,8H,4-7H2/b26-11+. The molecule has 1 aliphatic rings. The van der Waals surface area contributed by atoms with E-state index in [2.05, 4.69) is 21.0 Å². The van der Waals surface area contributed by atoms with E-state index in [0.717, 1.165) is 23.2 Å². The monoisotopic (exact) mass is 486 g/mol. The number of benzene rings is 1. The van der Waals surface area contributed by atoms with Gasteiger partial charge >= 0.3 is 23.9 Å². The first-order valence-corrected chi connectivity index (χ1v) is 8.39. The third-order valence-electron chi connectivity index (χ3n) is 3.77. The number of alkyl halides is 9. The fourth-order valence-electron chi connectivity index (χ4n) is 2.26. The molecule has 0 aromatic heterocycles. The van der Waals surface area contributed by atoms with Gasteiger partial charge < -0.3 is 4.74 Å². The normalized spacial score (nSPS) is 17.8. The third kappa shape index (κ3) is 4.09. The smallest absolute Gasteiger partial charge is 0.378 e. The number of halogens is 10. The van der Waals surface area contributed by atoms with E-state index in [1.165, 1.54) is 6.07 Å². The Morgan fingerprint density at radius 3 is 2.00 bits per heavy atom. The van der Waals surface area contributed by atoms with E-state index in [0.29, 0.717) is 0 Å². The van der Waals surface area contributed by atoms with Crippen LogP contribution in [0.25, 0.3) is 0 Å². The van der Waals surface area contributed by atoms with Crippen LogP contribution in [0.3, 0.4) is 0 Å². The van der Waals surface area contributed by atoms with Gasteiger partial charge in [0, 0.05) is 10.0 Å². The van der Waals surface area contributed by atoms with Crippen LogP contribution < -0.4 is 0 Å². The predicted molar refractivity (Wildman–Crippen MR) is 84.0 cm³/mol. The maximum Gasteiger partial charge on any atom is 0.460 e. The molecule has 158 valence electrons. The first-order valence-electron chi connectivity index (χ1n) is 7.59. The fraction of sp³-hybridized carbons (Fsp3) is 0.533. The quantitative estimate of drug-likeness (QED) is 0.434. The van der Waals surface area contributed by atoms with Gasteiger partial charge in [-0.2, -0.15) is 44.6 Å². The molecule has 3 nitrogen and oxygen atoms in total. The van der Waals surface area contributed by atoms with Crippen LogP contribution in [0.5, 0.6) is 0 Å². The van der Waals surface area contributed by atoms with Gasteiger partial charge in [0.15, 0.2) is 0 Å². The highest BCUT2D eigenvalue weighted by Gasteiger charge is 2.83. The van der Waals surface area contributed by atoms with Gasteiger partial charge in [-0.1, -0.05) is 28.1 Å². The predicted octanol–water partition coefficient (Wildman–Crippen LogP) is 4.95. The van der Waals surface area contributed by atoms with Crippen LogP contribution in [0.1, 0.15) is 5.56 Å². The Labute approximate surface area is 161 Å². The van der Waals surface area contributed by atoms with Gasteiger partial charge in [-0.05, 0) is 12.1 Å². The van der Waals surface area contributed by atoms with E-state index in [1.54, 1.807) is 0 Å². The zero-order valence-corrected chi connectivity index (χ0v) is 15.3. The van der Waals surface area contributed by atoms with Crippen molar-refractivity contribution >= 4 is 21.6 Å². The summed E-state index contributed by atoms with van der Waals surface area (Å²) in [5.74, 6) is -19.8. The molecule has 0 N–H and O–H groups in total. The van der Waals surface area contributed by atoms with Gasteiger partial charge in [0.05, 0.1) is 26.3 Å². The second-order valence-electron chi connectivity index (χ2n) is 5.75. The second kappa shape index (κ2) is 7.73. The Morgan fingerprint density at radius 1 is 0.929 bits per heavy atom. The molecule has 2 rings (SSSR count). The Morgan fingerprint density at radius 2 is 1.50 bits per heavy atom. The summed E-state index contributed by atoms with van der Waals surface area (Å²) in [6.07, 6.45) is -6.90. The zero-order chi connectivity index (χ0) is 21.4. The lowest BCUT2D eigenvalue weighted by atomic mass is 9.95. The van der Waals surface area contributed by atoms with Crippen molar-refractivity contribution in [3.05, 3.63) is 34.3 Å². The number of hydrogen-bond donors (Lipinski definition) is 0. The molecule has 0 bridgehead atoms. The third-order valence-corrected chi connectivity index (χ3v) is 4.26. The van der Waals surface area contributed by atoms with E-state index in [9.17, 15) is 39.5 Å². The molecular weight excluding hydrogens is 475 g/mol. The van der Waals surface area contributed by atoms with Gasteiger partial charge in [0.2, 0.25) is 0 Å². The first-order chi connectivity index (χ1) is 12.7. The molecular formula is C15H12BrF9N2O. The molecule has 1 aromatic carbocycles. The molecule has 0 radical (unpaired) electrons. The minimum absolute atomic E-state index is 0.0179. The van der Waals surface area contributed by atoms with Gasteiger partial charge in [-0.3, -0.25) is 5.01 Å². The summed E-state index contributed by atoms with van der Waals surface area (Å²) in [7, 11) is 0. The SMILES string of the molecule is FC(F)(F)C(F)(F)C(F)(F)C(F)(F)/C(=N/N1CCOCC1)c1cccc(Br)c1. The van der Waals surface area contributed by atoms with Crippen molar-refractivity contribution in [1.29, 1.82) is 0 Å². The van der Waals surface area contributed by atoms with Crippen molar-refractivity contribution in [2.24, 2.45) is 5.10 Å². The highest BCUT2D eigenvalue weighted by molar-refractivity contribution is 9.10. The summed E-state index contributed by atoms with van der Waals surface area (Å²) < 4.78 is 126. The number of nitrogens with zero attached hydrogens (tertiary/aromatic N) is 2. The van der Waals surface area contributed by atoms with Crippen LogP contribution in [0.2, 0.25) is 0 Å². The van der Waals surface area contributed by atoms with Gasteiger partial charge in [-0.15, -0.1) is 0 Å². The van der Waals surface area contributed by atoms with Crippen molar-refractivity contribution in [1.82, 2.24) is 5.01 Å². The minimum atomic E-state index is -7.00. The van der Waals surface area contributed by atoms with E-state index in [-0.39, 0.29) is 30.8 Å². The fourth-order valence-corrected chi connectivity index (χ4v) is 2.66. The molecule has 28 heavy (non-hydrogen) atoms. The lowest BCUT2D eigenvalue weighted by Gasteiger charge is -2.35. The average molecular weight is 487 g/mol. The number of ether oxygens (including phenoxy) is 1. The molecule has 1 aromatic rings. The number of hydrazone groups is 1. The van der Waals surface area contributed by atoms with Crippen LogP contribution in [-0.4, -0.2) is 61.0 Å². The van der Waals surface area contributed by atoms with E-state index >= 15 is 0 Å². The molecule has 1 saturated heterocycles. The number of rotatable bonds is 5. The van der Waals surface area contributed by atoms with Crippen LogP contribution in [0.4, 0.5) is 39.5 Å². The minimum Gasteiger partial charge on any atom is -0.378 e. The summed E-state index contributed by atoms with van der Waals surface area (Å²) in [5.41, 5.74) is -2.66. The molecule has 1 aliphatic heterocycles. The maximum atomic E-state index is 14.5. The maximum absolute atomic E-state index is 14.5. The van der Waals surface area contributed by atoms with Crippen LogP contribution >= 0.6 is 15.9 Å². The van der Waals surface area contributed by atoms with E-state index < -0.39 is 35.2 Å². The lowest BCUT2D eigenvalue weighted by Crippen LogP contribution is -2.63. The molecule has 0 amide bonds. The van der Waals surface area contributed by atoms with Gasteiger partial charge in [0.1, 0.15) is 5.71 Å². The molecule has 0 saturated carbocycles. The summed E-state index contributed by atoms with van der Waals surface area (Å²) in [4.78, 5) is 0. The van der Waals surface area contributed by atoms with E-state index in [1.807, 2.05) is 0 Å². The van der Waals surface area contributed by atoms with Crippen molar-refractivity contribution in [2.75, 3.05) is 26.3 Å². The highest BCUT2D eigenvalue weighted by Crippen LogP contribution is 2.54. The highest BCUT2D eigenvalue weighted by atomic mass is 79.9. The van der Waals surface area contributed by atoms with Gasteiger partial charge in [-0.25, -0.2) is 0 Å². The summed E-state index contributed by atoms with van der Waals surface area (Å²) >= 11 is 2.89. The van der Waals surface area contributed by atoms with Crippen molar-refractivity contribution < 1.29 is 44.3 Å². The molecule has 1 fully saturated rings. The molecule has 0 aliphatic carbocycles. The van der Waals surface area contributed by atoms with Crippen molar-refractivity contribution in [3.8, 4) is 0 Å². The molecule has 0 unspecified atom stereocenters. The topological polar surface area (TPSA) is 24.8 Å². The largest absolute Gasteiger partial charge is 0.460 e. The van der Waals surface area contributed by atoms with Crippen LogP contribution in [0, 0.1) is 0 Å². The Kier molecular flexibility index (Phi) is 6.29. The average Bonchev–Trinajstić information content (AvgIpc) is 2.59. The Hall–Kier alpha value is -1.50. The van der Waals surface area contributed by atoms with Crippen LogP contribution in [0.15, 0.2) is 33.8 Å². The zero-order valence-electron chi connectivity index (χ0n) is 13.7. The second-order valence-corrected chi connectivity index (χ2v) is 6.66. The molecule has 0 atom stereocenters. The number of hydrogen-bond acceptors (Lipinski definition) is 3. The van der Waals surface area contributed by atoms with Crippen LogP contribution in [-0.2, 0) is 4.74 Å².